The van der Waals surface area contributed by atoms with Crippen molar-refractivity contribution in [2.24, 2.45) is 29.6 Å². The van der Waals surface area contributed by atoms with Gasteiger partial charge in [-0.05, 0) is 49.4 Å². The molecule has 0 aromatic heterocycles. The second-order valence-electron chi connectivity index (χ2n) is 6.76. The topological polar surface area (TPSA) is 17.1 Å². The molecule has 96 valence electrons. The fourth-order valence-corrected chi connectivity index (χ4v) is 5.24. The predicted molar refractivity (Wildman–Crippen MR) is 72.0 cm³/mol. The van der Waals surface area contributed by atoms with Crippen molar-refractivity contribution in [2.75, 3.05) is 0 Å². The molecule has 0 amide bonds. The molecule has 4 aliphatic rings. The summed E-state index contributed by atoms with van der Waals surface area (Å²) in [7, 11) is 0. The summed E-state index contributed by atoms with van der Waals surface area (Å²) in [6.07, 6.45) is 15.7. The van der Waals surface area contributed by atoms with E-state index in [9.17, 15) is 4.79 Å². The van der Waals surface area contributed by atoms with Gasteiger partial charge in [0.25, 0.3) is 0 Å². The predicted octanol–water partition coefficient (Wildman–Crippen LogP) is 3.90. The van der Waals surface area contributed by atoms with Crippen molar-refractivity contribution in [3.63, 3.8) is 0 Å². The molecule has 4 rings (SSSR count). The first-order valence-corrected chi connectivity index (χ1v) is 7.75. The molecular formula is C17H22O. The van der Waals surface area contributed by atoms with Gasteiger partial charge in [0, 0.05) is 12.3 Å². The monoisotopic (exact) mass is 242 g/mol. The van der Waals surface area contributed by atoms with Crippen LogP contribution in [0.25, 0.3) is 0 Å². The summed E-state index contributed by atoms with van der Waals surface area (Å²) < 4.78 is 0. The normalized spacial score (nSPS) is 46.1. The highest BCUT2D eigenvalue weighted by molar-refractivity contribution is 5.86. The van der Waals surface area contributed by atoms with E-state index >= 15 is 0 Å². The highest BCUT2D eigenvalue weighted by Crippen LogP contribution is 2.53. The molecule has 1 nitrogen and oxygen atoms in total. The fourth-order valence-electron chi connectivity index (χ4n) is 5.24. The SMILES string of the molecule is O=C1CC2CCCCC2C2CCC3C=CC=C3C12. The third-order valence-electron chi connectivity index (χ3n) is 5.99. The third kappa shape index (κ3) is 1.49. The molecule has 0 saturated heterocycles. The summed E-state index contributed by atoms with van der Waals surface area (Å²) in [4.78, 5) is 12.6. The van der Waals surface area contributed by atoms with E-state index in [0.29, 0.717) is 23.5 Å². The lowest BCUT2D eigenvalue weighted by Gasteiger charge is -2.48. The molecular weight excluding hydrogens is 220 g/mol. The summed E-state index contributed by atoms with van der Waals surface area (Å²) in [5, 5.41) is 0. The van der Waals surface area contributed by atoms with Crippen molar-refractivity contribution in [1.29, 1.82) is 0 Å². The molecule has 0 spiro atoms. The lowest BCUT2D eigenvalue weighted by molar-refractivity contribution is -0.131. The zero-order chi connectivity index (χ0) is 12.1. The first-order chi connectivity index (χ1) is 8.84. The van der Waals surface area contributed by atoms with Crippen LogP contribution in [0.3, 0.4) is 0 Å². The summed E-state index contributed by atoms with van der Waals surface area (Å²) in [6, 6.07) is 0. The largest absolute Gasteiger partial charge is 0.299 e. The minimum atomic E-state index is 0.304. The molecule has 4 aliphatic carbocycles. The summed E-state index contributed by atoms with van der Waals surface area (Å²) in [6.45, 7) is 0. The molecule has 18 heavy (non-hydrogen) atoms. The highest BCUT2D eigenvalue weighted by Gasteiger charge is 2.48. The molecule has 0 radical (unpaired) electrons. The van der Waals surface area contributed by atoms with E-state index in [1.165, 1.54) is 44.1 Å². The Hall–Kier alpha value is -0.850. The van der Waals surface area contributed by atoms with E-state index in [-0.39, 0.29) is 0 Å². The second-order valence-corrected chi connectivity index (χ2v) is 6.76. The molecule has 1 heteroatoms. The Labute approximate surface area is 109 Å². The number of Topliss-reactive ketones (excluding diaryl/α,β-unsaturated/α-hetero) is 1. The molecule has 0 heterocycles. The average molecular weight is 242 g/mol. The average Bonchev–Trinajstić information content (AvgIpc) is 2.86. The molecule has 3 saturated carbocycles. The molecule has 0 aliphatic heterocycles. The Morgan fingerprint density at radius 3 is 2.83 bits per heavy atom. The van der Waals surface area contributed by atoms with E-state index in [1.807, 2.05) is 0 Å². The standard InChI is InChI=1S/C17H22O/c18-16-10-12-4-1-2-6-13(12)15-9-8-11-5-3-7-14(11)17(15)16/h3,5,7,11-13,15,17H,1-2,4,6,8-10H2. The van der Waals surface area contributed by atoms with E-state index < -0.39 is 0 Å². The lowest BCUT2D eigenvalue weighted by atomic mass is 9.55. The van der Waals surface area contributed by atoms with Gasteiger partial charge < -0.3 is 0 Å². The Kier molecular flexibility index (Phi) is 2.50. The zero-order valence-electron chi connectivity index (χ0n) is 11.0. The van der Waals surface area contributed by atoms with Gasteiger partial charge in [0.1, 0.15) is 5.78 Å². The number of rotatable bonds is 0. The van der Waals surface area contributed by atoms with E-state index in [2.05, 4.69) is 18.2 Å². The van der Waals surface area contributed by atoms with Crippen LogP contribution >= 0.6 is 0 Å². The maximum atomic E-state index is 12.6. The maximum Gasteiger partial charge on any atom is 0.140 e. The van der Waals surface area contributed by atoms with Crippen LogP contribution in [0.4, 0.5) is 0 Å². The van der Waals surface area contributed by atoms with E-state index in [0.717, 1.165) is 18.3 Å². The Morgan fingerprint density at radius 1 is 1.00 bits per heavy atom. The number of carbonyl (C=O) groups is 1. The molecule has 0 N–H and O–H groups in total. The first kappa shape index (κ1) is 11.0. The Balaban J connectivity index is 1.67. The van der Waals surface area contributed by atoms with Crippen molar-refractivity contribution >= 4 is 5.78 Å². The Bertz CT molecular complexity index is 431. The van der Waals surface area contributed by atoms with Crippen molar-refractivity contribution in [3.05, 3.63) is 23.8 Å². The number of carbonyl (C=O) groups excluding carboxylic acids is 1. The number of fused-ring (bicyclic) bond motifs is 5. The van der Waals surface area contributed by atoms with Gasteiger partial charge in [0.05, 0.1) is 0 Å². The lowest BCUT2D eigenvalue weighted by Crippen LogP contribution is -2.45. The molecule has 0 aromatic carbocycles. The van der Waals surface area contributed by atoms with Crippen molar-refractivity contribution in [1.82, 2.24) is 0 Å². The van der Waals surface area contributed by atoms with Crippen LogP contribution in [0.1, 0.15) is 44.9 Å². The van der Waals surface area contributed by atoms with Crippen LogP contribution in [-0.4, -0.2) is 5.78 Å². The van der Waals surface area contributed by atoms with Crippen LogP contribution in [-0.2, 0) is 4.79 Å². The van der Waals surface area contributed by atoms with Gasteiger partial charge in [-0.2, -0.15) is 0 Å². The van der Waals surface area contributed by atoms with Crippen LogP contribution in [0.15, 0.2) is 23.8 Å². The van der Waals surface area contributed by atoms with Gasteiger partial charge in [0.2, 0.25) is 0 Å². The van der Waals surface area contributed by atoms with Crippen LogP contribution in [0.5, 0.6) is 0 Å². The maximum absolute atomic E-state index is 12.6. The minimum absolute atomic E-state index is 0.304. The number of ketones is 1. The Morgan fingerprint density at radius 2 is 1.89 bits per heavy atom. The minimum Gasteiger partial charge on any atom is -0.299 e. The van der Waals surface area contributed by atoms with Gasteiger partial charge in [-0.3, -0.25) is 4.79 Å². The molecule has 5 unspecified atom stereocenters. The van der Waals surface area contributed by atoms with Gasteiger partial charge in [-0.1, -0.05) is 36.6 Å². The number of hydrogen-bond acceptors (Lipinski definition) is 1. The van der Waals surface area contributed by atoms with Gasteiger partial charge in [-0.25, -0.2) is 0 Å². The van der Waals surface area contributed by atoms with E-state index in [4.69, 9.17) is 0 Å². The first-order valence-electron chi connectivity index (χ1n) is 7.75. The van der Waals surface area contributed by atoms with Crippen LogP contribution in [0.2, 0.25) is 0 Å². The summed E-state index contributed by atoms with van der Waals surface area (Å²) in [5.41, 5.74) is 1.47. The smallest absolute Gasteiger partial charge is 0.140 e. The van der Waals surface area contributed by atoms with E-state index in [1.54, 1.807) is 0 Å². The zero-order valence-corrected chi connectivity index (χ0v) is 11.0. The fraction of sp³-hybridized carbons (Fsp3) is 0.706. The molecule has 0 aromatic rings. The third-order valence-corrected chi connectivity index (χ3v) is 5.99. The summed E-state index contributed by atoms with van der Waals surface area (Å²) in [5.74, 6) is 3.78. The summed E-state index contributed by atoms with van der Waals surface area (Å²) >= 11 is 0. The molecule has 5 atom stereocenters. The van der Waals surface area contributed by atoms with Gasteiger partial charge in [0.15, 0.2) is 0 Å². The highest BCUT2D eigenvalue weighted by atomic mass is 16.1. The molecule has 3 fully saturated rings. The van der Waals surface area contributed by atoms with Crippen LogP contribution < -0.4 is 0 Å². The van der Waals surface area contributed by atoms with Crippen LogP contribution in [0, 0.1) is 29.6 Å². The number of allylic oxidation sites excluding steroid dienone is 4. The molecule has 0 bridgehead atoms. The van der Waals surface area contributed by atoms with Crippen molar-refractivity contribution in [3.8, 4) is 0 Å². The second kappa shape index (κ2) is 4.08. The van der Waals surface area contributed by atoms with Crippen molar-refractivity contribution in [2.45, 2.75) is 44.9 Å². The van der Waals surface area contributed by atoms with Crippen molar-refractivity contribution < 1.29 is 4.79 Å². The van der Waals surface area contributed by atoms with Gasteiger partial charge in [-0.15, -0.1) is 0 Å². The quantitative estimate of drug-likeness (QED) is 0.629. The number of hydrogen-bond donors (Lipinski definition) is 0. The van der Waals surface area contributed by atoms with Gasteiger partial charge >= 0.3 is 0 Å².